The van der Waals surface area contributed by atoms with Crippen LogP contribution < -0.4 is 10.5 Å². The van der Waals surface area contributed by atoms with Crippen LogP contribution in [0.1, 0.15) is 38.5 Å². The number of benzene rings is 1. The highest BCUT2D eigenvalue weighted by molar-refractivity contribution is 5.46. The van der Waals surface area contributed by atoms with Crippen molar-refractivity contribution in [3.63, 3.8) is 0 Å². The van der Waals surface area contributed by atoms with Gasteiger partial charge in [-0.2, -0.15) is 0 Å². The van der Waals surface area contributed by atoms with Gasteiger partial charge in [0.15, 0.2) is 5.75 Å². The maximum Gasteiger partial charge on any atom is 0.310 e. The summed E-state index contributed by atoms with van der Waals surface area (Å²) in [7, 11) is 0. The van der Waals surface area contributed by atoms with Gasteiger partial charge in [0.1, 0.15) is 6.10 Å². The first-order valence-corrected chi connectivity index (χ1v) is 7.29. The zero-order valence-corrected chi connectivity index (χ0v) is 11.5. The molecule has 2 saturated carbocycles. The van der Waals surface area contributed by atoms with Gasteiger partial charge < -0.3 is 10.5 Å². The average molecular weight is 276 g/mol. The summed E-state index contributed by atoms with van der Waals surface area (Å²) in [5, 5.41) is 11.0. The maximum absolute atomic E-state index is 11.0. The number of nitro groups is 1. The minimum atomic E-state index is -0.387. The molecule has 2 aliphatic rings. The molecule has 2 N–H and O–H groups in total. The minimum absolute atomic E-state index is 0.0268. The molecule has 2 aliphatic carbocycles. The van der Waals surface area contributed by atoms with Crippen molar-refractivity contribution in [3.05, 3.63) is 34.4 Å². The molecular formula is C15H20N2O3. The van der Waals surface area contributed by atoms with E-state index in [-0.39, 0.29) is 28.2 Å². The molecule has 2 atom stereocenters. The minimum Gasteiger partial charge on any atom is -0.483 e. The van der Waals surface area contributed by atoms with E-state index in [4.69, 9.17) is 10.5 Å². The van der Waals surface area contributed by atoms with E-state index in [0.29, 0.717) is 5.75 Å². The Balaban J connectivity index is 1.80. The van der Waals surface area contributed by atoms with Crippen LogP contribution >= 0.6 is 0 Å². The molecule has 1 aromatic rings. The second kappa shape index (κ2) is 5.05. The Hall–Kier alpha value is -1.62. The van der Waals surface area contributed by atoms with E-state index < -0.39 is 0 Å². The van der Waals surface area contributed by atoms with Crippen LogP contribution in [-0.4, -0.2) is 17.1 Å². The van der Waals surface area contributed by atoms with Crippen LogP contribution in [0.4, 0.5) is 5.69 Å². The zero-order chi connectivity index (χ0) is 14.2. The lowest BCUT2D eigenvalue weighted by atomic mass is 9.55. The van der Waals surface area contributed by atoms with Crippen LogP contribution in [0.15, 0.2) is 24.3 Å². The molecule has 0 amide bonds. The van der Waals surface area contributed by atoms with E-state index in [9.17, 15) is 10.1 Å². The Kier molecular flexibility index (Phi) is 3.38. The predicted octanol–water partition coefficient (Wildman–Crippen LogP) is 3.02. The molecule has 0 radical (unpaired) electrons. The summed E-state index contributed by atoms with van der Waals surface area (Å²) in [6, 6.07) is 6.78. The summed E-state index contributed by atoms with van der Waals surface area (Å²) in [5.74, 6) is 0.374. The molecule has 0 aromatic heterocycles. The average Bonchev–Trinajstić information content (AvgIpc) is 2.48. The molecule has 0 aliphatic heterocycles. The normalized spacial score (nSPS) is 27.9. The summed E-state index contributed by atoms with van der Waals surface area (Å²) in [4.78, 5) is 10.7. The first-order valence-electron chi connectivity index (χ1n) is 7.29. The highest BCUT2D eigenvalue weighted by atomic mass is 16.6. The molecule has 2 unspecified atom stereocenters. The number of hydrogen-bond donors (Lipinski definition) is 1. The third-order valence-corrected chi connectivity index (χ3v) is 4.96. The molecule has 20 heavy (non-hydrogen) atoms. The molecule has 1 spiro atoms. The number of nitrogens with two attached hydrogens (primary N) is 1. The second-order valence-corrected chi connectivity index (χ2v) is 5.97. The SMILES string of the molecule is NC1CC(Oc2ccccc2[N+](=O)[O-])C12CCCCC2. The third-order valence-electron chi connectivity index (χ3n) is 4.96. The number of rotatable bonds is 3. The third kappa shape index (κ3) is 2.06. The molecular weight excluding hydrogens is 256 g/mol. The lowest BCUT2D eigenvalue weighted by Crippen LogP contribution is -2.64. The molecule has 0 bridgehead atoms. The van der Waals surface area contributed by atoms with Crippen molar-refractivity contribution >= 4 is 5.69 Å². The summed E-state index contributed by atoms with van der Waals surface area (Å²) >= 11 is 0. The van der Waals surface area contributed by atoms with Gasteiger partial charge in [-0.1, -0.05) is 31.4 Å². The standard InChI is InChI=1S/C15H20N2O3/c16-13-10-14(15(13)8-4-1-5-9-15)20-12-7-3-2-6-11(12)17(18)19/h2-3,6-7,13-14H,1,4-5,8-10,16H2. The Bertz CT molecular complexity index is 512. The Labute approximate surface area is 118 Å². The van der Waals surface area contributed by atoms with Gasteiger partial charge in [-0.3, -0.25) is 10.1 Å². The molecule has 2 fully saturated rings. The van der Waals surface area contributed by atoms with Crippen LogP contribution in [0.2, 0.25) is 0 Å². The summed E-state index contributed by atoms with van der Waals surface area (Å²) in [6.45, 7) is 0. The Morgan fingerprint density at radius 3 is 2.60 bits per heavy atom. The molecule has 108 valence electrons. The summed E-state index contributed by atoms with van der Waals surface area (Å²) in [5.41, 5.74) is 6.30. The highest BCUT2D eigenvalue weighted by Gasteiger charge is 2.55. The van der Waals surface area contributed by atoms with Gasteiger partial charge in [-0.25, -0.2) is 0 Å². The van der Waals surface area contributed by atoms with E-state index in [1.165, 1.54) is 25.3 Å². The van der Waals surface area contributed by atoms with Gasteiger partial charge in [0.2, 0.25) is 0 Å². The number of ether oxygens (including phenoxy) is 1. The van der Waals surface area contributed by atoms with E-state index in [2.05, 4.69) is 0 Å². The van der Waals surface area contributed by atoms with Crippen molar-refractivity contribution in [1.29, 1.82) is 0 Å². The maximum atomic E-state index is 11.0. The van der Waals surface area contributed by atoms with Gasteiger partial charge in [-0.05, 0) is 18.9 Å². The predicted molar refractivity (Wildman–Crippen MR) is 75.6 cm³/mol. The lowest BCUT2D eigenvalue weighted by molar-refractivity contribution is -0.386. The van der Waals surface area contributed by atoms with Gasteiger partial charge in [0, 0.05) is 23.9 Å². The quantitative estimate of drug-likeness (QED) is 0.680. The van der Waals surface area contributed by atoms with Crippen molar-refractivity contribution < 1.29 is 9.66 Å². The molecule has 3 rings (SSSR count). The zero-order valence-electron chi connectivity index (χ0n) is 11.5. The van der Waals surface area contributed by atoms with Crippen LogP contribution in [0.3, 0.4) is 0 Å². The van der Waals surface area contributed by atoms with E-state index >= 15 is 0 Å². The largest absolute Gasteiger partial charge is 0.483 e. The van der Waals surface area contributed by atoms with Crippen LogP contribution in [0.5, 0.6) is 5.75 Å². The fraction of sp³-hybridized carbons (Fsp3) is 0.600. The highest BCUT2D eigenvalue weighted by Crippen LogP contribution is 2.52. The van der Waals surface area contributed by atoms with Crippen molar-refractivity contribution in [2.75, 3.05) is 0 Å². The molecule has 5 heteroatoms. The van der Waals surface area contributed by atoms with Crippen molar-refractivity contribution in [2.45, 2.75) is 50.7 Å². The van der Waals surface area contributed by atoms with Crippen LogP contribution in [0, 0.1) is 15.5 Å². The van der Waals surface area contributed by atoms with E-state index in [1.807, 2.05) is 0 Å². The van der Waals surface area contributed by atoms with E-state index in [0.717, 1.165) is 19.3 Å². The van der Waals surface area contributed by atoms with Gasteiger partial charge in [-0.15, -0.1) is 0 Å². The monoisotopic (exact) mass is 276 g/mol. The number of hydrogen-bond acceptors (Lipinski definition) is 4. The second-order valence-electron chi connectivity index (χ2n) is 5.97. The molecule has 1 aromatic carbocycles. The van der Waals surface area contributed by atoms with Gasteiger partial charge in [0.05, 0.1) is 4.92 Å². The Morgan fingerprint density at radius 1 is 1.25 bits per heavy atom. The number of para-hydroxylation sites is 2. The molecule has 0 heterocycles. The van der Waals surface area contributed by atoms with E-state index in [1.54, 1.807) is 18.2 Å². The first-order chi connectivity index (χ1) is 9.63. The fourth-order valence-corrected chi connectivity index (χ4v) is 3.71. The lowest BCUT2D eigenvalue weighted by Gasteiger charge is -2.55. The first kappa shape index (κ1) is 13.4. The van der Waals surface area contributed by atoms with Crippen molar-refractivity contribution in [3.8, 4) is 5.75 Å². The number of nitrogens with zero attached hydrogens (tertiary/aromatic N) is 1. The smallest absolute Gasteiger partial charge is 0.310 e. The molecule has 5 nitrogen and oxygen atoms in total. The van der Waals surface area contributed by atoms with Gasteiger partial charge >= 0.3 is 5.69 Å². The fourth-order valence-electron chi connectivity index (χ4n) is 3.71. The summed E-state index contributed by atoms with van der Waals surface area (Å²) < 4.78 is 5.98. The Morgan fingerprint density at radius 2 is 1.95 bits per heavy atom. The van der Waals surface area contributed by atoms with Crippen molar-refractivity contribution in [1.82, 2.24) is 0 Å². The van der Waals surface area contributed by atoms with Crippen LogP contribution in [-0.2, 0) is 0 Å². The topological polar surface area (TPSA) is 78.4 Å². The summed E-state index contributed by atoms with van der Waals surface area (Å²) in [6.07, 6.45) is 6.62. The van der Waals surface area contributed by atoms with Gasteiger partial charge in [0.25, 0.3) is 0 Å². The number of nitro benzene ring substituents is 1. The molecule has 0 saturated heterocycles. The van der Waals surface area contributed by atoms with Crippen molar-refractivity contribution in [2.24, 2.45) is 11.1 Å². The van der Waals surface area contributed by atoms with Crippen LogP contribution in [0.25, 0.3) is 0 Å².